The summed E-state index contributed by atoms with van der Waals surface area (Å²) in [6, 6.07) is 0. The summed E-state index contributed by atoms with van der Waals surface area (Å²) in [5, 5.41) is 17.8. The molecule has 3 unspecified atom stereocenters. The molecule has 0 saturated carbocycles. The van der Waals surface area contributed by atoms with Gasteiger partial charge in [-0.05, 0) is 13.8 Å². The molecule has 0 aromatic rings. The van der Waals surface area contributed by atoms with E-state index < -0.39 is 12.2 Å². The lowest BCUT2D eigenvalue weighted by atomic mass is 10.0. The first kappa shape index (κ1) is 8.48. The molecule has 0 spiro atoms. The molecule has 2 nitrogen and oxygen atoms in total. The van der Waals surface area contributed by atoms with Crippen molar-refractivity contribution in [2.45, 2.75) is 26.1 Å². The summed E-state index contributed by atoms with van der Waals surface area (Å²) in [6.45, 7) is 3.20. The standard InChI is InChI=1S/C7H12O2/c1-4-5(2)7(9)6(3)8/h1,5-9H,2-3H3. The Morgan fingerprint density at radius 3 is 1.89 bits per heavy atom. The van der Waals surface area contributed by atoms with E-state index >= 15 is 0 Å². The van der Waals surface area contributed by atoms with Gasteiger partial charge >= 0.3 is 0 Å². The van der Waals surface area contributed by atoms with Crippen LogP contribution in [0.25, 0.3) is 0 Å². The van der Waals surface area contributed by atoms with Gasteiger partial charge in [-0.1, -0.05) is 0 Å². The number of hydrogen-bond acceptors (Lipinski definition) is 2. The fraction of sp³-hybridized carbons (Fsp3) is 0.714. The molecule has 3 atom stereocenters. The molecule has 0 fully saturated rings. The molecule has 0 aliphatic rings. The van der Waals surface area contributed by atoms with Crippen molar-refractivity contribution in [3.05, 3.63) is 0 Å². The zero-order valence-electron chi connectivity index (χ0n) is 5.70. The van der Waals surface area contributed by atoms with E-state index in [1.54, 1.807) is 6.92 Å². The fourth-order valence-electron chi connectivity index (χ4n) is 0.516. The molecule has 0 aliphatic carbocycles. The van der Waals surface area contributed by atoms with Crippen LogP contribution in [0.3, 0.4) is 0 Å². The summed E-state index contributed by atoms with van der Waals surface area (Å²) in [6.07, 6.45) is 3.45. The number of hydrogen-bond donors (Lipinski definition) is 2. The van der Waals surface area contributed by atoms with Crippen molar-refractivity contribution in [2.75, 3.05) is 0 Å². The van der Waals surface area contributed by atoms with E-state index in [9.17, 15) is 0 Å². The van der Waals surface area contributed by atoms with Gasteiger partial charge in [-0.2, -0.15) is 0 Å². The highest BCUT2D eigenvalue weighted by atomic mass is 16.3. The van der Waals surface area contributed by atoms with Gasteiger partial charge in [0.15, 0.2) is 0 Å². The summed E-state index contributed by atoms with van der Waals surface area (Å²) in [7, 11) is 0. The van der Waals surface area contributed by atoms with E-state index in [1.165, 1.54) is 6.92 Å². The van der Waals surface area contributed by atoms with E-state index in [-0.39, 0.29) is 5.92 Å². The van der Waals surface area contributed by atoms with Gasteiger partial charge in [0.2, 0.25) is 0 Å². The van der Waals surface area contributed by atoms with E-state index in [0.717, 1.165) is 0 Å². The normalized spacial score (nSPS) is 19.9. The number of aliphatic hydroxyl groups is 2. The zero-order valence-corrected chi connectivity index (χ0v) is 5.70. The molecule has 0 aliphatic heterocycles. The Morgan fingerprint density at radius 1 is 1.33 bits per heavy atom. The molecule has 0 radical (unpaired) electrons. The van der Waals surface area contributed by atoms with Crippen LogP contribution in [-0.4, -0.2) is 22.4 Å². The van der Waals surface area contributed by atoms with Crippen molar-refractivity contribution >= 4 is 0 Å². The van der Waals surface area contributed by atoms with Crippen molar-refractivity contribution < 1.29 is 10.2 Å². The van der Waals surface area contributed by atoms with Crippen LogP contribution in [0, 0.1) is 18.3 Å². The monoisotopic (exact) mass is 128 g/mol. The predicted molar refractivity (Wildman–Crippen MR) is 35.7 cm³/mol. The number of rotatable bonds is 2. The van der Waals surface area contributed by atoms with Crippen LogP contribution in [0.4, 0.5) is 0 Å². The summed E-state index contributed by atoms with van der Waals surface area (Å²) < 4.78 is 0. The third kappa shape index (κ3) is 2.50. The Labute approximate surface area is 55.5 Å². The highest BCUT2D eigenvalue weighted by Gasteiger charge is 2.16. The van der Waals surface area contributed by atoms with Crippen LogP contribution in [0.2, 0.25) is 0 Å². The Bertz CT molecular complexity index is 113. The first-order valence-corrected chi connectivity index (χ1v) is 2.92. The average Bonchev–Trinajstić information content (AvgIpc) is 1.84. The minimum Gasteiger partial charge on any atom is -0.391 e. The van der Waals surface area contributed by atoms with Crippen LogP contribution >= 0.6 is 0 Å². The fourth-order valence-corrected chi connectivity index (χ4v) is 0.516. The lowest BCUT2D eigenvalue weighted by Crippen LogP contribution is -2.28. The predicted octanol–water partition coefficient (Wildman–Crippen LogP) is -0.00260. The second-order valence-corrected chi connectivity index (χ2v) is 2.19. The van der Waals surface area contributed by atoms with E-state index in [2.05, 4.69) is 5.92 Å². The van der Waals surface area contributed by atoms with Gasteiger partial charge in [-0.15, -0.1) is 12.3 Å². The molecule has 0 heterocycles. The minimum absolute atomic E-state index is 0.273. The van der Waals surface area contributed by atoms with Crippen LogP contribution in [0.1, 0.15) is 13.8 Å². The van der Waals surface area contributed by atoms with Crippen molar-refractivity contribution in [1.82, 2.24) is 0 Å². The van der Waals surface area contributed by atoms with Gasteiger partial charge in [0, 0.05) is 5.92 Å². The lowest BCUT2D eigenvalue weighted by Gasteiger charge is -2.15. The third-order valence-corrected chi connectivity index (χ3v) is 1.27. The Hall–Kier alpha value is -0.520. The van der Waals surface area contributed by atoms with Crippen LogP contribution in [0.5, 0.6) is 0 Å². The zero-order chi connectivity index (χ0) is 7.44. The Morgan fingerprint density at radius 2 is 1.78 bits per heavy atom. The maximum absolute atomic E-state index is 9.00. The molecule has 9 heavy (non-hydrogen) atoms. The summed E-state index contributed by atoms with van der Waals surface area (Å²) in [5.41, 5.74) is 0. The van der Waals surface area contributed by atoms with E-state index in [4.69, 9.17) is 16.6 Å². The number of aliphatic hydroxyl groups excluding tert-OH is 2. The van der Waals surface area contributed by atoms with Crippen molar-refractivity contribution in [3.63, 3.8) is 0 Å². The van der Waals surface area contributed by atoms with E-state index in [1.807, 2.05) is 0 Å². The molecular formula is C7H12O2. The largest absolute Gasteiger partial charge is 0.391 e. The second-order valence-electron chi connectivity index (χ2n) is 2.19. The maximum Gasteiger partial charge on any atom is 0.0930 e. The van der Waals surface area contributed by atoms with Crippen molar-refractivity contribution in [3.8, 4) is 12.3 Å². The molecule has 0 aromatic heterocycles. The highest BCUT2D eigenvalue weighted by Crippen LogP contribution is 2.04. The first-order chi connectivity index (χ1) is 4.09. The van der Waals surface area contributed by atoms with Crippen LogP contribution in [0.15, 0.2) is 0 Å². The molecular weight excluding hydrogens is 116 g/mol. The summed E-state index contributed by atoms with van der Waals surface area (Å²) >= 11 is 0. The van der Waals surface area contributed by atoms with Crippen molar-refractivity contribution in [2.24, 2.45) is 5.92 Å². The molecule has 0 rings (SSSR count). The molecule has 0 saturated heterocycles. The quantitative estimate of drug-likeness (QED) is 0.514. The molecule has 2 N–H and O–H groups in total. The second kappa shape index (κ2) is 3.49. The molecule has 0 aromatic carbocycles. The molecule has 2 heteroatoms. The lowest BCUT2D eigenvalue weighted by molar-refractivity contribution is 0.0120. The van der Waals surface area contributed by atoms with E-state index in [0.29, 0.717) is 0 Å². The Balaban J connectivity index is 3.76. The summed E-state index contributed by atoms with van der Waals surface area (Å²) in [4.78, 5) is 0. The molecule has 52 valence electrons. The average molecular weight is 128 g/mol. The third-order valence-electron chi connectivity index (χ3n) is 1.27. The van der Waals surface area contributed by atoms with Crippen LogP contribution in [-0.2, 0) is 0 Å². The minimum atomic E-state index is -0.796. The van der Waals surface area contributed by atoms with Gasteiger partial charge in [-0.25, -0.2) is 0 Å². The highest BCUT2D eigenvalue weighted by molar-refractivity contribution is 4.95. The Kier molecular flexibility index (Phi) is 3.29. The maximum atomic E-state index is 9.00. The van der Waals surface area contributed by atoms with Crippen molar-refractivity contribution in [1.29, 1.82) is 0 Å². The van der Waals surface area contributed by atoms with Gasteiger partial charge < -0.3 is 10.2 Å². The molecule has 0 amide bonds. The van der Waals surface area contributed by atoms with Gasteiger partial charge in [-0.3, -0.25) is 0 Å². The topological polar surface area (TPSA) is 40.5 Å². The SMILES string of the molecule is C#CC(C)C(O)C(C)O. The van der Waals surface area contributed by atoms with Crippen LogP contribution < -0.4 is 0 Å². The van der Waals surface area contributed by atoms with Gasteiger partial charge in [0.1, 0.15) is 0 Å². The van der Waals surface area contributed by atoms with Gasteiger partial charge in [0.25, 0.3) is 0 Å². The summed E-state index contributed by atoms with van der Waals surface area (Å²) in [5.74, 6) is 2.06. The molecule has 0 bridgehead atoms. The number of terminal acetylenes is 1. The first-order valence-electron chi connectivity index (χ1n) is 2.92. The smallest absolute Gasteiger partial charge is 0.0930 e. The van der Waals surface area contributed by atoms with Gasteiger partial charge in [0.05, 0.1) is 12.2 Å².